The van der Waals surface area contributed by atoms with Gasteiger partial charge in [-0.15, -0.1) is 0 Å². The van der Waals surface area contributed by atoms with Crippen molar-refractivity contribution in [3.05, 3.63) is 60.2 Å². The van der Waals surface area contributed by atoms with Crippen LogP contribution in [-0.2, 0) is 11.3 Å². The average molecular weight is 324 g/mol. The number of benzene rings is 2. The Hall–Kier alpha value is -2.49. The summed E-state index contributed by atoms with van der Waals surface area (Å²) >= 11 is 0. The molecule has 2 aromatic rings. The molecule has 3 rings (SSSR count). The normalized spacial score (nSPS) is 13.4. The van der Waals surface area contributed by atoms with Crippen LogP contribution in [-0.4, -0.2) is 37.6 Å². The SMILES string of the molecule is COc1ccc(CN(C(=O)CN(C)c2ccccc2)C2CC2)cc1. The number of ether oxygens (including phenoxy) is 1. The highest BCUT2D eigenvalue weighted by molar-refractivity contribution is 5.82. The first-order valence-electron chi connectivity index (χ1n) is 8.36. The Balaban J connectivity index is 1.65. The van der Waals surface area contributed by atoms with Crippen molar-refractivity contribution in [2.45, 2.75) is 25.4 Å². The minimum Gasteiger partial charge on any atom is -0.497 e. The molecule has 4 heteroatoms. The Kier molecular flexibility index (Phi) is 5.04. The standard InChI is InChI=1S/C20H24N2O2/c1-21(17-6-4-3-5-7-17)15-20(23)22(18-10-11-18)14-16-8-12-19(24-2)13-9-16/h3-9,12-13,18H,10-11,14-15H2,1-2H3. The van der Waals surface area contributed by atoms with Crippen molar-refractivity contribution >= 4 is 11.6 Å². The lowest BCUT2D eigenvalue weighted by atomic mass is 10.2. The molecule has 0 aromatic heterocycles. The van der Waals surface area contributed by atoms with Crippen LogP contribution in [0.5, 0.6) is 5.75 Å². The molecule has 0 spiro atoms. The molecule has 1 saturated carbocycles. The van der Waals surface area contributed by atoms with Gasteiger partial charge in [-0.05, 0) is 42.7 Å². The molecule has 0 bridgehead atoms. The van der Waals surface area contributed by atoms with Gasteiger partial charge in [0.1, 0.15) is 5.75 Å². The maximum absolute atomic E-state index is 12.8. The van der Waals surface area contributed by atoms with Crippen LogP contribution in [0.3, 0.4) is 0 Å². The van der Waals surface area contributed by atoms with E-state index in [1.165, 1.54) is 0 Å². The van der Waals surface area contributed by atoms with Crippen molar-refractivity contribution in [1.82, 2.24) is 4.90 Å². The summed E-state index contributed by atoms with van der Waals surface area (Å²) in [5.41, 5.74) is 2.20. The van der Waals surface area contributed by atoms with Gasteiger partial charge < -0.3 is 14.5 Å². The molecule has 0 N–H and O–H groups in total. The fraction of sp³-hybridized carbons (Fsp3) is 0.350. The summed E-state index contributed by atoms with van der Waals surface area (Å²) in [6, 6.07) is 18.4. The lowest BCUT2D eigenvalue weighted by Crippen LogP contribution is -2.40. The highest BCUT2D eigenvalue weighted by Gasteiger charge is 2.32. The van der Waals surface area contributed by atoms with Gasteiger partial charge in [-0.3, -0.25) is 4.79 Å². The molecule has 0 heterocycles. The van der Waals surface area contributed by atoms with E-state index in [1.54, 1.807) is 7.11 Å². The van der Waals surface area contributed by atoms with Gasteiger partial charge in [-0.2, -0.15) is 0 Å². The summed E-state index contributed by atoms with van der Waals surface area (Å²) < 4.78 is 5.20. The zero-order valence-electron chi connectivity index (χ0n) is 14.3. The molecule has 126 valence electrons. The Morgan fingerprint density at radius 3 is 2.33 bits per heavy atom. The lowest BCUT2D eigenvalue weighted by molar-refractivity contribution is -0.130. The number of amides is 1. The monoisotopic (exact) mass is 324 g/mol. The molecule has 4 nitrogen and oxygen atoms in total. The Bertz CT molecular complexity index is 666. The van der Waals surface area contributed by atoms with Gasteiger partial charge in [0.05, 0.1) is 13.7 Å². The number of carbonyl (C=O) groups is 1. The zero-order chi connectivity index (χ0) is 16.9. The maximum atomic E-state index is 12.8. The number of anilines is 1. The molecule has 2 aromatic carbocycles. The molecule has 0 radical (unpaired) electrons. The van der Waals surface area contributed by atoms with Crippen LogP contribution in [0, 0.1) is 0 Å². The van der Waals surface area contributed by atoms with E-state index in [0.29, 0.717) is 19.1 Å². The van der Waals surface area contributed by atoms with Crippen molar-refractivity contribution in [3.8, 4) is 5.75 Å². The van der Waals surface area contributed by atoms with Crippen molar-refractivity contribution in [2.24, 2.45) is 0 Å². The number of hydrogen-bond acceptors (Lipinski definition) is 3. The second-order valence-electron chi connectivity index (χ2n) is 6.29. The molecule has 1 aliphatic rings. The van der Waals surface area contributed by atoms with Crippen LogP contribution in [0.15, 0.2) is 54.6 Å². The fourth-order valence-electron chi connectivity index (χ4n) is 2.80. The quantitative estimate of drug-likeness (QED) is 0.783. The number of carbonyl (C=O) groups excluding carboxylic acids is 1. The van der Waals surface area contributed by atoms with Crippen LogP contribution >= 0.6 is 0 Å². The first-order chi connectivity index (χ1) is 11.7. The number of nitrogens with zero attached hydrogens (tertiary/aromatic N) is 2. The third-order valence-electron chi connectivity index (χ3n) is 4.39. The predicted octanol–water partition coefficient (Wildman–Crippen LogP) is 3.32. The minimum atomic E-state index is 0.180. The maximum Gasteiger partial charge on any atom is 0.242 e. The Morgan fingerprint density at radius 2 is 1.75 bits per heavy atom. The summed E-state index contributed by atoms with van der Waals surface area (Å²) in [4.78, 5) is 16.8. The van der Waals surface area contributed by atoms with E-state index in [1.807, 2.05) is 71.4 Å². The van der Waals surface area contributed by atoms with Gasteiger partial charge in [-0.25, -0.2) is 0 Å². The first kappa shape index (κ1) is 16.4. The van der Waals surface area contributed by atoms with Gasteiger partial charge in [0.25, 0.3) is 0 Å². The van der Waals surface area contributed by atoms with E-state index in [9.17, 15) is 4.79 Å². The van der Waals surface area contributed by atoms with E-state index < -0.39 is 0 Å². The van der Waals surface area contributed by atoms with Crippen LogP contribution < -0.4 is 9.64 Å². The van der Waals surface area contributed by atoms with Crippen molar-refractivity contribution in [2.75, 3.05) is 25.6 Å². The number of para-hydroxylation sites is 1. The molecule has 24 heavy (non-hydrogen) atoms. The molecule has 0 aliphatic heterocycles. The number of rotatable bonds is 7. The summed E-state index contributed by atoms with van der Waals surface area (Å²) in [5.74, 6) is 1.02. The second-order valence-corrected chi connectivity index (χ2v) is 6.29. The molecule has 1 fully saturated rings. The van der Waals surface area contributed by atoms with Crippen molar-refractivity contribution < 1.29 is 9.53 Å². The Labute approximate surface area is 143 Å². The Morgan fingerprint density at radius 1 is 1.08 bits per heavy atom. The molecular weight excluding hydrogens is 300 g/mol. The third-order valence-corrected chi connectivity index (χ3v) is 4.39. The summed E-state index contributed by atoms with van der Waals surface area (Å²) in [6.07, 6.45) is 2.22. The summed E-state index contributed by atoms with van der Waals surface area (Å²) in [7, 11) is 3.63. The van der Waals surface area contributed by atoms with Crippen LogP contribution in [0.4, 0.5) is 5.69 Å². The van der Waals surface area contributed by atoms with Crippen LogP contribution in [0.2, 0.25) is 0 Å². The third kappa shape index (κ3) is 4.07. The predicted molar refractivity (Wildman–Crippen MR) is 96.3 cm³/mol. The van der Waals surface area contributed by atoms with Gasteiger partial charge >= 0.3 is 0 Å². The van der Waals surface area contributed by atoms with E-state index in [4.69, 9.17) is 4.74 Å². The van der Waals surface area contributed by atoms with Gasteiger partial charge in [-0.1, -0.05) is 30.3 Å². The van der Waals surface area contributed by atoms with E-state index in [-0.39, 0.29) is 5.91 Å². The minimum absolute atomic E-state index is 0.180. The molecule has 1 aliphatic carbocycles. The topological polar surface area (TPSA) is 32.8 Å². The molecule has 0 atom stereocenters. The molecular formula is C20H24N2O2. The van der Waals surface area contributed by atoms with E-state index in [0.717, 1.165) is 29.8 Å². The zero-order valence-corrected chi connectivity index (χ0v) is 14.3. The van der Waals surface area contributed by atoms with Crippen molar-refractivity contribution in [1.29, 1.82) is 0 Å². The van der Waals surface area contributed by atoms with Crippen LogP contribution in [0.25, 0.3) is 0 Å². The van der Waals surface area contributed by atoms with Gasteiger partial charge in [0.2, 0.25) is 5.91 Å². The molecule has 0 unspecified atom stereocenters. The summed E-state index contributed by atoms with van der Waals surface area (Å²) in [5, 5.41) is 0. The van der Waals surface area contributed by atoms with E-state index >= 15 is 0 Å². The average Bonchev–Trinajstić information content (AvgIpc) is 3.45. The number of hydrogen-bond donors (Lipinski definition) is 0. The largest absolute Gasteiger partial charge is 0.497 e. The van der Waals surface area contributed by atoms with Crippen molar-refractivity contribution in [3.63, 3.8) is 0 Å². The van der Waals surface area contributed by atoms with Gasteiger partial charge in [0.15, 0.2) is 0 Å². The molecule has 0 saturated heterocycles. The number of likely N-dealkylation sites (N-methyl/N-ethyl adjacent to an activating group) is 1. The highest BCUT2D eigenvalue weighted by atomic mass is 16.5. The second kappa shape index (κ2) is 7.39. The van der Waals surface area contributed by atoms with E-state index in [2.05, 4.69) is 0 Å². The molecule has 1 amide bonds. The van der Waals surface area contributed by atoms with Gasteiger partial charge in [0, 0.05) is 25.3 Å². The summed E-state index contributed by atoms with van der Waals surface area (Å²) in [6.45, 7) is 1.06. The lowest BCUT2D eigenvalue weighted by Gasteiger charge is -2.26. The smallest absolute Gasteiger partial charge is 0.242 e. The first-order valence-corrected chi connectivity index (χ1v) is 8.36. The highest BCUT2D eigenvalue weighted by Crippen LogP contribution is 2.29. The van der Waals surface area contributed by atoms with Crippen LogP contribution in [0.1, 0.15) is 18.4 Å². The number of methoxy groups -OCH3 is 1. The fourth-order valence-corrected chi connectivity index (χ4v) is 2.80.